The number of rotatable bonds is 4. The van der Waals surface area contributed by atoms with E-state index >= 15 is 0 Å². The fraction of sp³-hybridized carbons (Fsp3) is 0.167. The molecule has 1 unspecified atom stereocenters. The van der Waals surface area contributed by atoms with Crippen LogP contribution in [0.1, 0.15) is 13.0 Å². The van der Waals surface area contributed by atoms with Crippen LogP contribution in [0.25, 0.3) is 11.5 Å². The highest BCUT2D eigenvalue weighted by Crippen LogP contribution is 2.19. The number of aromatic nitrogens is 2. The van der Waals surface area contributed by atoms with Crippen LogP contribution in [0, 0.1) is 5.82 Å². The lowest BCUT2D eigenvalue weighted by atomic mass is 10.2. The molecule has 0 spiro atoms. The zero-order chi connectivity index (χ0) is 18.0. The molecule has 7 heteroatoms. The van der Waals surface area contributed by atoms with Crippen LogP contribution in [0.5, 0.6) is 0 Å². The number of hydrogen-bond donors (Lipinski definition) is 0. The van der Waals surface area contributed by atoms with E-state index in [2.05, 4.69) is 5.10 Å². The van der Waals surface area contributed by atoms with Crippen LogP contribution < -0.4 is 10.7 Å². The maximum absolute atomic E-state index is 13.0. The molecular weight excluding hydrogens is 325 g/mol. The molecule has 0 bridgehead atoms. The third-order valence-electron chi connectivity index (χ3n) is 3.86. The first-order valence-electron chi connectivity index (χ1n) is 7.65. The standard InChI is InChI=1S/C18H16FN3O3/c1-12(17(23)21(2)15-6-4-3-5-7-15)22-18(24)25-16(20-22)13-8-10-14(19)11-9-13/h3-12H,1-2H3. The minimum Gasteiger partial charge on any atom is -0.388 e. The van der Waals surface area contributed by atoms with E-state index in [1.165, 1.54) is 29.2 Å². The first kappa shape index (κ1) is 16.6. The molecule has 3 aromatic rings. The third-order valence-corrected chi connectivity index (χ3v) is 3.86. The lowest BCUT2D eigenvalue weighted by molar-refractivity contribution is -0.121. The Hall–Kier alpha value is -3.22. The predicted octanol–water partition coefficient (Wildman–Crippen LogP) is 2.87. The number of halogens is 1. The van der Waals surface area contributed by atoms with Crippen LogP contribution in [-0.2, 0) is 4.79 Å². The quantitative estimate of drug-likeness (QED) is 0.732. The molecule has 1 atom stereocenters. The van der Waals surface area contributed by atoms with Crippen LogP contribution in [-0.4, -0.2) is 22.7 Å². The Balaban J connectivity index is 1.87. The summed E-state index contributed by atoms with van der Waals surface area (Å²) < 4.78 is 19.1. The van der Waals surface area contributed by atoms with Crippen molar-refractivity contribution in [3.05, 3.63) is 71.0 Å². The van der Waals surface area contributed by atoms with Crippen molar-refractivity contribution in [1.82, 2.24) is 9.78 Å². The zero-order valence-corrected chi connectivity index (χ0v) is 13.7. The van der Waals surface area contributed by atoms with Gasteiger partial charge in [0.05, 0.1) is 0 Å². The fourth-order valence-electron chi connectivity index (χ4n) is 2.41. The van der Waals surface area contributed by atoms with Crippen LogP contribution in [0.15, 0.2) is 63.8 Å². The summed E-state index contributed by atoms with van der Waals surface area (Å²) >= 11 is 0. The summed E-state index contributed by atoms with van der Waals surface area (Å²) in [5.74, 6) is -1.43. The van der Waals surface area contributed by atoms with Gasteiger partial charge in [0.1, 0.15) is 11.9 Å². The molecule has 0 N–H and O–H groups in total. The van der Waals surface area contributed by atoms with Gasteiger partial charge in [-0.05, 0) is 43.3 Å². The minimum absolute atomic E-state index is 0.0343. The number of likely N-dealkylation sites (N-methyl/N-ethyl adjacent to an activating group) is 1. The Morgan fingerprint density at radius 3 is 2.44 bits per heavy atom. The highest BCUT2D eigenvalue weighted by molar-refractivity contribution is 5.95. The Labute approximate surface area is 143 Å². The van der Waals surface area contributed by atoms with E-state index in [9.17, 15) is 14.0 Å². The second-order valence-electron chi connectivity index (χ2n) is 5.53. The smallest absolute Gasteiger partial charge is 0.388 e. The number of carbonyl (C=O) groups excluding carboxylic acids is 1. The molecule has 0 aliphatic carbocycles. The van der Waals surface area contributed by atoms with Gasteiger partial charge >= 0.3 is 5.76 Å². The predicted molar refractivity (Wildman–Crippen MR) is 90.7 cm³/mol. The van der Waals surface area contributed by atoms with E-state index < -0.39 is 17.6 Å². The zero-order valence-electron chi connectivity index (χ0n) is 13.7. The lowest BCUT2D eigenvalue weighted by Gasteiger charge is -2.20. The first-order valence-corrected chi connectivity index (χ1v) is 7.65. The molecule has 3 rings (SSSR count). The Morgan fingerprint density at radius 2 is 1.80 bits per heavy atom. The molecule has 25 heavy (non-hydrogen) atoms. The molecule has 128 valence electrons. The molecule has 0 fully saturated rings. The van der Waals surface area contributed by atoms with Crippen molar-refractivity contribution in [2.24, 2.45) is 0 Å². The fourth-order valence-corrected chi connectivity index (χ4v) is 2.41. The first-order chi connectivity index (χ1) is 12.0. The summed E-state index contributed by atoms with van der Waals surface area (Å²) in [6, 6.07) is 13.6. The van der Waals surface area contributed by atoms with Gasteiger partial charge in [-0.3, -0.25) is 4.79 Å². The van der Waals surface area contributed by atoms with Crippen molar-refractivity contribution < 1.29 is 13.6 Å². The largest absolute Gasteiger partial charge is 0.438 e. The van der Waals surface area contributed by atoms with E-state index in [0.717, 1.165) is 4.68 Å². The number of hydrogen-bond acceptors (Lipinski definition) is 4. The molecular formula is C18H16FN3O3. The van der Waals surface area contributed by atoms with Crippen LogP contribution >= 0.6 is 0 Å². The molecule has 6 nitrogen and oxygen atoms in total. The van der Waals surface area contributed by atoms with Gasteiger partial charge in [-0.15, -0.1) is 5.10 Å². The molecule has 1 amide bonds. The second kappa shape index (κ2) is 6.72. The average molecular weight is 341 g/mol. The van der Waals surface area contributed by atoms with Crippen molar-refractivity contribution >= 4 is 11.6 Å². The molecule has 0 aliphatic heterocycles. The highest BCUT2D eigenvalue weighted by atomic mass is 19.1. The number of nitrogens with zero attached hydrogens (tertiary/aromatic N) is 3. The summed E-state index contributed by atoms with van der Waals surface area (Å²) in [5, 5.41) is 4.07. The van der Waals surface area contributed by atoms with Gasteiger partial charge in [-0.1, -0.05) is 18.2 Å². The highest BCUT2D eigenvalue weighted by Gasteiger charge is 2.25. The van der Waals surface area contributed by atoms with Gasteiger partial charge in [0.15, 0.2) is 0 Å². The number of amides is 1. The normalized spacial score (nSPS) is 12.0. The number of benzene rings is 2. The summed E-state index contributed by atoms with van der Waals surface area (Å²) in [7, 11) is 1.63. The van der Waals surface area contributed by atoms with Gasteiger partial charge in [-0.2, -0.15) is 4.68 Å². The second-order valence-corrected chi connectivity index (χ2v) is 5.53. The maximum Gasteiger partial charge on any atom is 0.438 e. The summed E-state index contributed by atoms with van der Waals surface area (Å²) in [6.45, 7) is 1.57. The Kier molecular flexibility index (Phi) is 4.47. The van der Waals surface area contributed by atoms with Gasteiger partial charge < -0.3 is 9.32 Å². The van der Waals surface area contributed by atoms with Crippen LogP contribution in [0.2, 0.25) is 0 Å². The van der Waals surface area contributed by atoms with E-state index in [1.54, 1.807) is 26.1 Å². The summed E-state index contributed by atoms with van der Waals surface area (Å²) in [6.07, 6.45) is 0. The van der Waals surface area contributed by atoms with Crippen LogP contribution in [0.4, 0.5) is 10.1 Å². The molecule has 2 aromatic carbocycles. The van der Waals surface area contributed by atoms with E-state index in [4.69, 9.17) is 4.42 Å². The topological polar surface area (TPSA) is 68.3 Å². The van der Waals surface area contributed by atoms with Crippen molar-refractivity contribution in [1.29, 1.82) is 0 Å². The lowest BCUT2D eigenvalue weighted by Crippen LogP contribution is -2.36. The Bertz CT molecular complexity index is 932. The van der Waals surface area contributed by atoms with Crippen molar-refractivity contribution in [2.45, 2.75) is 13.0 Å². The van der Waals surface area contributed by atoms with Crippen LogP contribution in [0.3, 0.4) is 0 Å². The third kappa shape index (κ3) is 3.35. The summed E-state index contributed by atoms with van der Waals surface area (Å²) in [4.78, 5) is 26.1. The average Bonchev–Trinajstić information content (AvgIpc) is 3.03. The Morgan fingerprint density at radius 1 is 1.16 bits per heavy atom. The summed E-state index contributed by atoms with van der Waals surface area (Å²) in [5.41, 5.74) is 1.16. The molecule has 0 aliphatic rings. The molecule has 1 heterocycles. The van der Waals surface area contributed by atoms with E-state index in [0.29, 0.717) is 11.3 Å². The number of anilines is 1. The number of carbonyl (C=O) groups is 1. The molecule has 0 radical (unpaired) electrons. The monoisotopic (exact) mass is 341 g/mol. The van der Waals surface area contributed by atoms with Crippen molar-refractivity contribution in [3.63, 3.8) is 0 Å². The molecule has 0 saturated heterocycles. The molecule has 1 aromatic heterocycles. The molecule has 0 saturated carbocycles. The van der Waals surface area contributed by atoms with Crippen molar-refractivity contribution in [2.75, 3.05) is 11.9 Å². The van der Waals surface area contributed by atoms with Gasteiger partial charge in [0.2, 0.25) is 5.89 Å². The van der Waals surface area contributed by atoms with Gasteiger partial charge in [0.25, 0.3) is 5.91 Å². The maximum atomic E-state index is 13.0. The number of para-hydroxylation sites is 1. The SMILES string of the molecule is CC(C(=O)N(C)c1ccccc1)n1nc(-c2ccc(F)cc2)oc1=O. The minimum atomic E-state index is -0.851. The van der Waals surface area contributed by atoms with Gasteiger partial charge in [0, 0.05) is 18.3 Å². The van der Waals surface area contributed by atoms with Gasteiger partial charge in [-0.25, -0.2) is 9.18 Å². The van der Waals surface area contributed by atoms with E-state index in [1.807, 2.05) is 18.2 Å². The van der Waals surface area contributed by atoms with E-state index in [-0.39, 0.29) is 11.8 Å². The van der Waals surface area contributed by atoms with Crippen molar-refractivity contribution in [3.8, 4) is 11.5 Å².